The minimum absolute atomic E-state index is 0. The molecule has 1 aromatic carbocycles. The Morgan fingerprint density at radius 3 is 2.87 bits per heavy atom. The van der Waals surface area contributed by atoms with Crippen LogP contribution < -0.4 is 15.4 Å². The van der Waals surface area contributed by atoms with Gasteiger partial charge in [-0.1, -0.05) is 18.2 Å². The molecule has 2 N–H and O–H groups in total. The van der Waals surface area contributed by atoms with Gasteiger partial charge in [-0.3, -0.25) is 4.99 Å². The van der Waals surface area contributed by atoms with E-state index in [0.717, 1.165) is 43.3 Å². The molecule has 0 amide bonds. The summed E-state index contributed by atoms with van der Waals surface area (Å²) in [6.07, 6.45) is 2.53. The van der Waals surface area contributed by atoms with Gasteiger partial charge in [0.2, 0.25) is 0 Å². The normalized spacial score (nSPS) is 17.5. The van der Waals surface area contributed by atoms with Crippen molar-refractivity contribution >= 4 is 29.9 Å². The Balaban J connectivity index is 0.00000264. The van der Waals surface area contributed by atoms with Crippen molar-refractivity contribution < 1.29 is 9.47 Å². The average Bonchev–Trinajstić information content (AvgIpc) is 3.04. The van der Waals surface area contributed by atoms with Crippen molar-refractivity contribution in [3.8, 4) is 5.75 Å². The lowest BCUT2D eigenvalue weighted by Crippen LogP contribution is -2.39. The van der Waals surface area contributed by atoms with Gasteiger partial charge < -0.3 is 20.1 Å². The smallest absolute Gasteiger partial charge is 0.191 e. The molecule has 1 saturated heterocycles. The van der Waals surface area contributed by atoms with Gasteiger partial charge in [-0.25, -0.2) is 0 Å². The van der Waals surface area contributed by atoms with E-state index in [4.69, 9.17) is 9.47 Å². The number of aryl methyl sites for hydroxylation is 1. The highest BCUT2D eigenvalue weighted by Crippen LogP contribution is 2.15. The maximum absolute atomic E-state index is 5.77. The maximum Gasteiger partial charge on any atom is 0.191 e. The third kappa shape index (κ3) is 7.39. The van der Waals surface area contributed by atoms with Gasteiger partial charge in [0, 0.05) is 13.2 Å². The Kier molecular flexibility index (Phi) is 10.0. The predicted molar refractivity (Wildman–Crippen MR) is 105 cm³/mol. The van der Waals surface area contributed by atoms with Crippen molar-refractivity contribution in [2.45, 2.75) is 32.8 Å². The summed E-state index contributed by atoms with van der Waals surface area (Å²) in [6, 6.07) is 8.05. The van der Waals surface area contributed by atoms with E-state index in [1.165, 1.54) is 0 Å². The zero-order valence-corrected chi connectivity index (χ0v) is 16.3. The molecule has 1 atom stereocenters. The molecular formula is C17H28IN3O2. The van der Waals surface area contributed by atoms with Gasteiger partial charge in [0.15, 0.2) is 5.96 Å². The molecule has 1 fully saturated rings. The number of benzene rings is 1. The zero-order valence-electron chi connectivity index (χ0n) is 14.0. The van der Waals surface area contributed by atoms with Crippen molar-refractivity contribution in [2.24, 2.45) is 4.99 Å². The van der Waals surface area contributed by atoms with Gasteiger partial charge >= 0.3 is 0 Å². The first-order valence-electron chi connectivity index (χ1n) is 8.12. The first-order chi connectivity index (χ1) is 10.8. The topological polar surface area (TPSA) is 54.9 Å². The highest BCUT2D eigenvalue weighted by Gasteiger charge is 2.14. The number of aliphatic imine (C=N–C) groups is 1. The van der Waals surface area contributed by atoms with Gasteiger partial charge in [0.05, 0.1) is 19.2 Å². The molecule has 5 nitrogen and oxygen atoms in total. The predicted octanol–water partition coefficient (Wildman–Crippen LogP) is 2.73. The molecular weight excluding hydrogens is 405 g/mol. The van der Waals surface area contributed by atoms with Gasteiger partial charge in [-0.15, -0.1) is 24.0 Å². The van der Waals surface area contributed by atoms with Gasteiger partial charge in [0.25, 0.3) is 0 Å². The minimum Gasteiger partial charge on any atom is -0.491 e. The summed E-state index contributed by atoms with van der Waals surface area (Å²) < 4.78 is 11.4. The van der Waals surface area contributed by atoms with E-state index in [-0.39, 0.29) is 30.1 Å². The number of hydrogen-bond donors (Lipinski definition) is 2. The van der Waals surface area contributed by atoms with Crippen molar-refractivity contribution in [3.63, 3.8) is 0 Å². The van der Waals surface area contributed by atoms with Crippen molar-refractivity contribution in [3.05, 3.63) is 29.8 Å². The standard InChI is InChI=1S/C17H27N3O2.HI/c1-3-18-17(20-13-15-8-6-11-21-15)19-10-12-22-16-9-5-4-7-14(16)2;/h4-5,7,9,15H,3,6,8,10-13H2,1-2H3,(H2,18,19,20);1H. The number of para-hydroxylation sites is 1. The number of halogens is 1. The van der Waals surface area contributed by atoms with Crippen molar-refractivity contribution in [2.75, 3.05) is 32.8 Å². The lowest BCUT2D eigenvalue weighted by Gasteiger charge is -2.14. The largest absolute Gasteiger partial charge is 0.491 e. The molecule has 0 aromatic heterocycles. The summed E-state index contributed by atoms with van der Waals surface area (Å²) in [7, 11) is 0. The Hall–Kier alpha value is -1.02. The fraction of sp³-hybridized carbons (Fsp3) is 0.588. The van der Waals surface area contributed by atoms with E-state index in [9.17, 15) is 0 Å². The van der Waals surface area contributed by atoms with Crippen LogP contribution >= 0.6 is 24.0 Å². The van der Waals surface area contributed by atoms with E-state index in [0.29, 0.717) is 19.7 Å². The molecule has 6 heteroatoms. The summed E-state index contributed by atoms with van der Waals surface area (Å²) in [5.41, 5.74) is 1.15. The molecule has 130 valence electrons. The van der Waals surface area contributed by atoms with Crippen molar-refractivity contribution in [1.29, 1.82) is 0 Å². The SMILES string of the molecule is CCNC(=NCC1CCCO1)NCCOc1ccccc1C.I. The van der Waals surface area contributed by atoms with Gasteiger partial charge in [0.1, 0.15) is 12.4 Å². The summed E-state index contributed by atoms with van der Waals surface area (Å²) in [6.45, 7) is 7.86. The highest BCUT2D eigenvalue weighted by molar-refractivity contribution is 14.0. The Morgan fingerprint density at radius 1 is 1.35 bits per heavy atom. The zero-order chi connectivity index (χ0) is 15.6. The number of nitrogens with one attached hydrogen (secondary N) is 2. The Bertz CT molecular complexity index is 477. The molecule has 23 heavy (non-hydrogen) atoms. The molecule has 1 unspecified atom stereocenters. The first kappa shape index (κ1) is 20.0. The second kappa shape index (κ2) is 11.5. The van der Waals surface area contributed by atoms with E-state index in [1.807, 2.05) is 18.2 Å². The molecule has 2 rings (SSSR count). The number of hydrogen-bond acceptors (Lipinski definition) is 3. The number of guanidine groups is 1. The third-order valence-electron chi connectivity index (χ3n) is 3.57. The lowest BCUT2D eigenvalue weighted by atomic mass is 10.2. The van der Waals surface area contributed by atoms with E-state index < -0.39 is 0 Å². The van der Waals surface area contributed by atoms with Crippen LogP contribution in [0.4, 0.5) is 0 Å². The fourth-order valence-electron chi connectivity index (χ4n) is 2.37. The van der Waals surface area contributed by atoms with Crippen LogP contribution in [0.1, 0.15) is 25.3 Å². The van der Waals surface area contributed by atoms with Crippen LogP contribution in [0.3, 0.4) is 0 Å². The van der Waals surface area contributed by atoms with Crippen LogP contribution in [0.25, 0.3) is 0 Å². The summed E-state index contributed by atoms with van der Waals surface area (Å²) in [5, 5.41) is 6.54. The average molecular weight is 433 g/mol. The number of nitrogens with zero attached hydrogens (tertiary/aromatic N) is 1. The van der Waals surface area contributed by atoms with Gasteiger partial charge in [-0.2, -0.15) is 0 Å². The Labute approximate surface area is 156 Å². The van der Waals surface area contributed by atoms with E-state index in [2.05, 4.69) is 35.5 Å². The molecule has 0 bridgehead atoms. The molecule has 1 aliphatic heterocycles. The first-order valence-corrected chi connectivity index (χ1v) is 8.12. The lowest BCUT2D eigenvalue weighted by molar-refractivity contribution is 0.117. The second-order valence-electron chi connectivity index (χ2n) is 5.40. The summed E-state index contributed by atoms with van der Waals surface area (Å²) in [4.78, 5) is 4.57. The van der Waals surface area contributed by atoms with Crippen LogP contribution in [-0.2, 0) is 4.74 Å². The monoisotopic (exact) mass is 433 g/mol. The number of ether oxygens (including phenoxy) is 2. The minimum atomic E-state index is 0. The molecule has 0 spiro atoms. The Morgan fingerprint density at radius 2 is 2.17 bits per heavy atom. The van der Waals surface area contributed by atoms with Gasteiger partial charge in [-0.05, 0) is 38.3 Å². The van der Waals surface area contributed by atoms with Crippen LogP contribution in [0.2, 0.25) is 0 Å². The number of rotatable bonds is 7. The van der Waals surface area contributed by atoms with E-state index in [1.54, 1.807) is 0 Å². The van der Waals surface area contributed by atoms with Crippen LogP contribution in [0, 0.1) is 6.92 Å². The van der Waals surface area contributed by atoms with Crippen LogP contribution in [0.15, 0.2) is 29.3 Å². The molecule has 0 radical (unpaired) electrons. The van der Waals surface area contributed by atoms with Crippen LogP contribution in [0.5, 0.6) is 5.75 Å². The molecule has 1 aliphatic rings. The quantitative estimate of drug-likeness (QED) is 0.301. The van der Waals surface area contributed by atoms with E-state index >= 15 is 0 Å². The second-order valence-corrected chi connectivity index (χ2v) is 5.40. The summed E-state index contributed by atoms with van der Waals surface area (Å²) >= 11 is 0. The summed E-state index contributed by atoms with van der Waals surface area (Å²) in [5.74, 6) is 1.76. The van der Waals surface area contributed by atoms with Crippen LogP contribution in [-0.4, -0.2) is 44.9 Å². The maximum atomic E-state index is 5.77. The fourth-order valence-corrected chi connectivity index (χ4v) is 2.37. The van der Waals surface area contributed by atoms with Crippen molar-refractivity contribution in [1.82, 2.24) is 10.6 Å². The third-order valence-corrected chi connectivity index (χ3v) is 3.57. The molecule has 1 heterocycles. The molecule has 1 aromatic rings. The highest BCUT2D eigenvalue weighted by atomic mass is 127. The molecule has 0 saturated carbocycles. The molecule has 0 aliphatic carbocycles.